The molecule has 0 bridgehead atoms. The lowest BCUT2D eigenvalue weighted by molar-refractivity contribution is 0.0992. The van der Waals surface area contributed by atoms with E-state index in [2.05, 4.69) is 5.32 Å². The fourth-order valence-electron chi connectivity index (χ4n) is 3.12. The maximum absolute atomic E-state index is 13.1. The quantitative estimate of drug-likeness (QED) is 0.321. The van der Waals surface area contributed by atoms with Crippen LogP contribution in [0.15, 0.2) is 93.1 Å². The van der Waals surface area contributed by atoms with Crippen molar-refractivity contribution in [3.63, 3.8) is 0 Å². The minimum atomic E-state index is -3.90. The van der Waals surface area contributed by atoms with Crippen LogP contribution in [0.5, 0.6) is 11.5 Å². The Morgan fingerprint density at radius 1 is 0.943 bits per heavy atom. The summed E-state index contributed by atoms with van der Waals surface area (Å²) in [4.78, 5) is 12.7. The van der Waals surface area contributed by atoms with Crippen molar-refractivity contribution in [2.45, 2.75) is 16.4 Å². The molecule has 0 spiro atoms. The molecule has 35 heavy (non-hydrogen) atoms. The summed E-state index contributed by atoms with van der Waals surface area (Å²) < 4.78 is 55.4. The van der Waals surface area contributed by atoms with Crippen LogP contribution in [-0.4, -0.2) is 21.4 Å². The number of rotatable bonds is 8. The Hall–Kier alpha value is -3.82. The van der Waals surface area contributed by atoms with E-state index in [4.69, 9.17) is 25.5 Å². The number of halogens is 2. The first-order valence-corrected chi connectivity index (χ1v) is 12.1. The Bertz CT molecular complexity index is 1450. The van der Waals surface area contributed by atoms with E-state index in [1.54, 1.807) is 6.07 Å². The van der Waals surface area contributed by atoms with Crippen molar-refractivity contribution < 1.29 is 31.5 Å². The Kier molecular flexibility index (Phi) is 7.09. The molecule has 0 aliphatic heterocycles. The summed E-state index contributed by atoms with van der Waals surface area (Å²) in [7, 11) is -2.51. The number of hydrogen-bond acceptors (Lipinski definition) is 6. The molecule has 3 aromatic carbocycles. The molecule has 4 rings (SSSR count). The SMILES string of the molecule is COc1cc(NC(=O)c2ccc(COc3ccc(F)cc3)o2)cc(S(=O)(=O)c2ccc(Cl)cc2)c1. The number of nitrogens with one attached hydrogen (secondary N) is 1. The van der Waals surface area contributed by atoms with Crippen molar-refractivity contribution in [1.82, 2.24) is 0 Å². The van der Waals surface area contributed by atoms with Crippen molar-refractivity contribution in [2.75, 3.05) is 12.4 Å². The Morgan fingerprint density at radius 3 is 2.34 bits per heavy atom. The van der Waals surface area contributed by atoms with Crippen LogP contribution in [-0.2, 0) is 16.4 Å². The summed E-state index contributed by atoms with van der Waals surface area (Å²) in [5.74, 6) is 0.0728. The van der Waals surface area contributed by atoms with Gasteiger partial charge >= 0.3 is 0 Å². The molecule has 0 fully saturated rings. The van der Waals surface area contributed by atoms with Gasteiger partial charge in [0.1, 0.15) is 29.7 Å². The average Bonchev–Trinajstić information content (AvgIpc) is 3.33. The number of methoxy groups -OCH3 is 1. The van der Waals surface area contributed by atoms with Gasteiger partial charge in [-0.25, -0.2) is 12.8 Å². The van der Waals surface area contributed by atoms with Crippen LogP contribution in [0.1, 0.15) is 16.3 Å². The minimum absolute atomic E-state index is 0.00682. The van der Waals surface area contributed by atoms with Gasteiger partial charge in [0.2, 0.25) is 9.84 Å². The van der Waals surface area contributed by atoms with Crippen LogP contribution in [0.25, 0.3) is 0 Å². The van der Waals surface area contributed by atoms with E-state index in [9.17, 15) is 17.6 Å². The molecule has 0 atom stereocenters. The predicted octanol–water partition coefficient (Wildman–Crippen LogP) is 5.74. The first kappa shape index (κ1) is 24.3. The summed E-state index contributed by atoms with van der Waals surface area (Å²) in [6.07, 6.45) is 0. The van der Waals surface area contributed by atoms with Crippen molar-refractivity contribution in [3.05, 3.63) is 101 Å². The van der Waals surface area contributed by atoms with E-state index in [0.717, 1.165) is 0 Å². The van der Waals surface area contributed by atoms with Gasteiger partial charge in [-0.1, -0.05) is 11.6 Å². The van der Waals surface area contributed by atoms with E-state index in [1.807, 2.05) is 0 Å². The molecule has 1 heterocycles. The zero-order chi connectivity index (χ0) is 25.0. The van der Waals surface area contributed by atoms with E-state index in [0.29, 0.717) is 16.5 Å². The van der Waals surface area contributed by atoms with Crippen LogP contribution in [0.2, 0.25) is 5.02 Å². The summed E-state index contributed by atoms with van der Waals surface area (Å²) in [5.41, 5.74) is 0.197. The summed E-state index contributed by atoms with van der Waals surface area (Å²) >= 11 is 5.86. The summed E-state index contributed by atoms with van der Waals surface area (Å²) in [5, 5.41) is 3.02. The second-order valence-electron chi connectivity index (χ2n) is 7.32. The molecular weight excluding hydrogens is 497 g/mol. The van der Waals surface area contributed by atoms with Gasteiger partial charge in [-0.05, 0) is 72.8 Å². The van der Waals surface area contributed by atoms with E-state index in [-0.39, 0.29) is 39.4 Å². The highest BCUT2D eigenvalue weighted by atomic mass is 35.5. The van der Waals surface area contributed by atoms with Gasteiger partial charge in [-0.2, -0.15) is 0 Å². The lowest BCUT2D eigenvalue weighted by Crippen LogP contribution is -2.12. The molecule has 0 saturated carbocycles. The maximum Gasteiger partial charge on any atom is 0.291 e. The standard InChI is InChI=1S/C25H19ClFNO6S/c1-32-21-12-18(13-23(14-21)35(30,31)22-9-2-16(26)3-10-22)28-25(29)24-11-8-20(34-24)15-33-19-6-4-17(27)5-7-19/h2-14H,15H2,1H3,(H,28,29). The number of ether oxygens (including phenoxy) is 2. The van der Waals surface area contributed by atoms with E-state index in [1.165, 1.54) is 79.9 Å². The zero-order valence-electron chi connectivity index (χ0n) is 18.3. The van der Waals surface area contributed by atoms with Gasteiger partial charge in [-0.3, -0.25) is 4.79 Å². The first-order valence-electron chi connectivity index (χ1n) is 10.2. The highest BCUT2D eigenvalue weighted by molar-refractivity contribution is 7.91. The number of amides is 1. The molecule has 0 saturated heterocycles. The van der Waals surface area contributed by atoms with Crippen molar-refractivity contribution >= 4 is 33.0 Å². The number of anilines is 1. The first-order chi connectivity index (χ1) is 16.7. The lowest BCUT2D eigenvalue weighted by atomic mass is 10.3. The third-order valence-corrected chi connectivity index (χ3v) is 6.89. The number of hydrogen-bond donors (Lipinski definition) is 1. The molecule has 0 aliphatic carbocycles. The number of carbonyl (C=O) groups excluding carboxylic acids is 1. The molecule has 0 unspecified atom stereocenters. The Balaban J connectivity index is 1.50. The van der Waals surface area contributed by atoms with Crippen LogP contribution in [0.4, 0.5) is 10.1 Å². The molecule has 1 amide bonds. The molecule has 4 aromatic rings. The Morgan fingerprint density at radius 2 is 1.66 bits per heavy atom. The second-order valence-corrected chi connectivity index (χ2v) is 9.70. The zero-order valence-corrected chi connectivity index (χ0v) is 19.9. The van der Waals surface area contributed by atoms with E-state index >= 15 is 0 Å². The average molecular weight is 516 g/mol. The minimum Gasteiger partial charge on any atom is -0.497 e. The third kappa shape index (κ3) is 5.82. The number of benzene rings is 3. The van der Waals surface area contributed by atoms with Gasteiger partial charge < -0.3 is 19.2 Å². The lowest BCUT2D eigenvalue weighted by Gasteiger charge is -2.11. The van der Waals surface area contributed by atoms with Crippen molar-refractivity contribution in [1.29, 1.82) is 0 Å². The van der Waals surface area contributed by atoms with Gasteiger partial charge in [0.15, 0.2) is 5.76 Å². The van der Waals surface area contributed by atoms with Gasteiger partial charge in [-0.15, -0.1) is 0 Å². The molecule has 180 valence electrons. The third-order valence-electron chi connectivity index (χ3n) is 4.89. The molecule has 1 aromatic heterocycles. The van der Waals surface area contributed by atoms with Gasteiger partial charge in [0.05, 0.1) is 16.9 Å². The second kappa shape index (κ2) is 10.2. The van der Waals surface area contributed by atoms with Crippen molar-refractivity contribution in [2.24, 2.45) is 0 Å². The maximum atomic E-state index is 13.1. The van der Waals surface area contributed by atoms with Gasteiger partial charge in [0.25, 0.3) is 5.91 Å². The molecule has 0 aliphatic rings. The fraction of sp³-hybridized carbons (Fsp3) is 0.0800. The topological polar surface area (TPSA) is 94.8 Å². The number of sulfone groups is 1. The normalized spacial score (nSPS) is 11.2. The molecule has 10 heteroatoms. The highest BCUT2D eigenvalue weighted by Gasteiger charge is 2.21. The van der Waals surface area contributed by atoms with Crippen LogP contribution >= 0.6 is 11.6 Å². The summed E-state index contributed by atoms with van der Waals surface area (Å²) in [6, 6.07) is 18.4. The largest absolute Gasteiger partial charge is 0.497 e. The van der Waals surface area contributed by atoms with E-state index < -0.39 is 15.7 Å². The monoisotopic (exact) mass is 515 g/mol. The number of furan rings is 1. The fourth-order valence-corrected chi connectivity index (χ4v) is 4.57. The molecule has 7 nitrogen and oxygen atoms in total. The molecule has 0 radical (unpaired) electrons. The smallest absolute Gasteiger partial charge is 0.291 e. The van der Waals surface area contributed by atoms with Crippen LogP contribution in [0, 0.1) is 5.82 Å². The van der Waals surface area contributed by atoms with Crippen LogP contribution in [0.3, 0.4) is 0 Å². The van der Waals surface area contributed by atoms with Crippen molar-refractivity contribution in [3.8, 4) is 11.5 Å². The predicted molar refractivity (Wildman–Crippen MR) is 127 cm³/mol. The molecule has 1 N–H and O–H groups in total. The Labute approximate surface area is 206 Å². The number of carbonyl (C=O) groups is 1. The summed E-state index contributed by atoms with van der Waals surface area (Å²) in [6.45, 7) is 0.0293. The highest BCUT2D eigenvalue weighted by Crippen LogP contribution is 2.29. The van der Waals surface area contributed by atoms with Crippen LogP contribution < -0.4 is 14.8 Å². The molecular formula is C25H19ClFNO6S. The van der Waals surface area contributed by atoms with Gasteiger partial charge in [0, 0.05) is 16.8 Å².